The van der Waals surface area contributed by atoms with Gasteiger partial charge in [-0.1, -0.05) is 134 Å². The number of nitrogens with one attached hydrogen (secondary N) is 1. The number of piperazine rings is 1. The molecule has 4 fully saturated rings. The van der Waals surface area contributed by atoms with E-state index in [0.29, 0.717) is 59.9 Å². The van der Waals surface area contributed by atoms with Crippen molar-refractivity contribution in [2.45, 2.75) is 86.7 Å². The fraction of sp³-hybridized carbons (Fsp3) is 0.344. The molecule has 5 aliphatic rings. The third kappa shape index (κ3) is 9.14. The van der Waals surface area contributed by atoms with Crippen LogP contribution in [0.15, 0.2) is 152 Å². The Labute approximate surface area is 442 Å². The number of para-hydroxylation sites is 1. The number of benzene rings is 5. The maximum Gasteiger partial charge on any atom is 0.329 e. The summed E-state index contributed by atoms with van der Waals surface area (Å²) >= 11 is 0. The van der Waals surface area contributed by atoms with Crippen molar-refractivity contribution < 1.29 is 38.9 Å². The minimum Gasteiger partial charge on any atom is -0.491 e. The first-order valence-corrected chi connectivity index (χ1v) is 26.4. The Bertz CT molecular complexity index is 3140. The lowest BCUT2D eigenvalue weighted by Crippen LogP contribution is -2.59. The predicted molar refractivity (Wildman–Crippen MR) is 285 cm³/mol. The summed E-state index contributed by atoms with van der Waals surface area (Å²) in [7, 11) is 0. The first-order valence-electron chi connectivity index (χ1n) is 26.4. The fourth-order valence-electron chi connectivity index (χ4n) is 12.4. The summed E-state index contributed by atoms with van der Waals surface area (Å²) in [4.78, 5) is 80.6. The van der Waals surface area contributed by atoms with Crippen molar-refractivity contribution in [3.63, 3.8) is 0 Å². The maximum absolute atomic E-state index is 17.1. The van der Waals surface area contributed by atoms with Crippen LogP contribution in [0, 0.1) is 17.8 Å². The van der Waals surface area contributed by atoms with E-state index in [-0.39, 0.29) is 32.0 Å². The third-order valence-corrected chi connectivity index (χ3v) is 15.9. The van der Waals surface area contributed by atoms with Gasteiger partial charge in [-0.05, 0) is 85.2 Å². The van der Waals surface area contributed by atoms with Crippen molar-refractivity contribution in [2.75, 3.05) is 49.2 Å². The number of morpholine rings is 1. The second-order valence-corrected chi connectivity index (χ2v) is 20.4. The average Bonchev–Trinajstić information content (AvgIpc) is 3.82. The molecule has 7 unspecified atom stereocenters. The molecule has 3 saturated heterocycles. The van der Waals surface area contributed by atoms with E-state index < -0.39 is 71.0 Å². The highest BCUT2D eigenvalue weighted by atomic mass is 16.6. The van der Waals surface area contributed by atoms with Crippen LogP contribution in [0.4, 0.5) is 16.4 Å². The topological polar surface area (TPSA) is 178 Å². The predicted octanol–water partition coefficient (Wildman–Crippen LogP) is 7.77. The molecule has 11 rings (SSSR count). The van der Waals surface area contributed by atoms with Gasteiger partial charge in [-0.25, -0.2) is 19.7 Å². The molecule has 4 aliphatic heterocycles. The zero-order chi connectivity index (χ0) is 52.4. The number of amides is 4. The Hall–Kier alpha value is -7.90. The number of nitrogens with zero attached hydrogens (tertiary/aromatic N) is 6. The number of cyclic esters (lactones) is 1. The smallest absolute Gasteiger partial charge is 0.329 e. The second kappa shape index (κ2) is 21.4. The van der Waals surface area contributed by atoms with Gasteiger partial charge in [0.25, 0.3) is 0 Å². The van der Waals surface area contributed by atoms with Gasteiger partial charge < -0.3 is 34.8 Å². The molecular weight excluding hydrogens is 959 g/mol. The lowest BCUT2D eigenvalue weighted by molar-refractivity contribution is -0.179. The number of fused-ring (bicyclic) bond motifs is 3. The molecule has 0 radical (unpaired) electrons. The number of aliphatic hydroxyl groups is 2. The van der Waals surface area contributed by atoms with Crippen LogP contribution in [0.2, 0.25) is 0 Å². The molecule has 76 heavy (non-hydrogen) atoms. The monoisotopic (exact) mass is 1020 g/mol. The number of carbonyl (C=O) groups excluding carboxylic acids is 4. The lowest BCUT2D eigenvalue weighted by Gasteiger charge is -2.46. The number of urea groups is 1. The van der Waals surface area contributed by atoms with Crippen LogP contribution in [0.25, 0.3) is 0 Å². The molecule has 0 bridgehead atoms. The standard InChI is InChI=1S/C61H61N7O8/c1-41(43-18-7-4-8-19-43)64-59(73)67-48-27-26-42(28-31-60(74)29-15-2-3-16-30-60)40-47(48)61(57(67)72)50(55(70)65-34-36-66(37-35-65)58-62-32-17-33-63-58)52-56(71)76-53(45-22-11-6-12-23-45)51(44-20-9-5-10-21-44)68(52)54(61)46-24-13-14-25-49(46)75-39-38-69/h4-14,17-27,32-33,40-41,50-54,69,74H,2-3,15-16,29-30,34-39H2,1H3,(H,64,73). The van der Waals surface area contributed by atoms with Crippen LogP contribution in [-0.2, 0) is 24.5 Å². The summed E-state index contributed by atoms with van der Waals surface area (Å²) in [6.45, 7) is 2.53. The summed E-state index contributed by atoms with van der Waals surface area (Å²) in [6.07, 6.45) is 7.06. The van der Waals surface area contributed by atoms with Crippen molar-refractivity contribution in [2.24, 2.45) is 5.92 Å². The maximum atomic E-state index is 17.1. The van der Waals surface area contributed by atoms with E-state index in [4.69, 9.17) is 9.47 Å². The van der Waals surface area contributed by atoms with Gasteiger partial charge in [-0.15, -0.1) is 0 Å². The van der Waals surface area contributed by atoms with E-state index >= 15 is 19.2 Å². The van der Waals surface area contributed by atoms with Crippen LogP contribution >= 0.6 is 0 Å². The SMILES string of the molecule is CC(NC(=O)N1C(=O)C2(c3cc(C#CC4(O)CCCCCC4)ccc31)C(C(=O)N1CCN(c3ncccn3)CC1)C1C(=O)OC(c3ccccc3)C(c3ccccc3)N1C2c1ccccc1OCCO)c1ccccc1. The number of carbonyl (C=O) groups is 4. The molecule has 7 atom stereocenters. The van der Waals surface area contributed by atoms with Gasteiger partial charge in [0.15, 0.2) is 0 Å². The number of aliphatic hydroxyl groups excluding tert-OH is 1. The number of hydrogen-bond donors (Lipinski definition) is 3. The number of esters is 1. The third-order valence-electron chi connectivity index (χ3n) is 15.9. The van der Waals surface area contributed by atoms with Gasteiger partial charge in [-0.3, -0.25) is 19.3 Å². The Kier molecular flexibility index (Phi) is 14.1. The molecule has 1 aliphatic carbocycles. The molecular formula is C61H61N7O8. The Balaban J connectivity index is 1.18. The van der Waals surface area contributed by atoms with Crippen molar-refractivity contribution in [3.8, 4) is 17.6 Å². The number of aromatic nitrogens is 2. The number of hydrogen-bond acceptors (Lipinski definition) is 12. The summed E-state index contributed by atoms with van der Waals surface area (Å²) in [5.41, 5.74) is 0.341. The Morgan fingerprint density at radius 3 is 2.12 bits per heavy atom. The molecule has 15 nitrogen and oxygen atoms in total. The zero-order valence-corrected chi connectivity index (χ0v) is 42.4. The minimum absolute atomic E-state index is 0.103. The lowest BCUT2D eigenvalue weighted by atomic mass is 9.64. The van der Waals surface area contributed by atoms with Crippen LogP contribution in [0.1, 0.15) is 103 Å². The van der Waals surface area contributed by atoms with Gasteiger partial charge in [0.2, 0.25) is 17.8 Å². The summed E-state index contributed by atoms with van der Waals surface area (Å²) in [5, 5.41) is 25.2. The van der Waals surface area contributed by atoms with E-state index in [0.717, 1.165) is 41.7 Å². The molecule has 1 spiro atoms. The first kappa shape index (κ1) is 50.3. The van der Waals surface area contributed by atoms with Crippen LogP contribution in [-0.4, -0.2) is 105 Å². The van der Waals surface area contributed by atoms with E-state index in [9.17, 15) is 10.2 Å². The number of ether oxygens (including phenoxy) is 2. The van der Waals surface area contributed by atoms with E-state index in [1.165, 1.54) is 0 Å². The molecule has 5 heterocycles. The zero-order valence-electron chi connectivity index (χ0n) is 42.4. The van der Waals surface area contributed by atoms with Crippen molar-refractivity contribution in [1.29, 1.82) is 0 Å². The number of anilines is 2. The normalized spacial score (nSPS) is 24.4. The molecule has 388 valence electrons. The minimum atomic E-state index is -2.09. The van der Waals surface area contributed by atoms with Crippen LogP contribution < -0.4 is 19.9 Å². The summed E-state index contributed by atoms with van der Waals surface area (Å²) in [5.74, 6) is 3.88. The van der Waals surface area contributed by atoms with Crippen molar-refractivity contribution in [1.82, 2.24) is 25.1 Å². The van der Waals surface area contributed by atoms with Crippen molar-refractivity contribution in [3.05, 3.63) is 185 Å². The molecule has 6 aromatic rings. The van der Waals surface area contributed by atoms with Crippen LogP contribution in [0.5, 0.6) is 5.75 Å². The van der Waals surface area contributed by atoms with Gasteiger partial charge in [-0.2, -0.15) is 0 Å². The molecule has 4 amide bonds. The first-order chi connectivity index (χ1) is 37.1. The summed E-state index contributed by atoms with van der Waals surface area (Å²) < 4.78 is 13.1. The van der Waals surface area contributed by atoms with Gasteiger partial charge in [0.1, 0.15) is 35.5 Å². The average molecular weight is 1020 g/mol. The molecule has 5 aromatic carbocycles. The quantitative estimate of drug-likeness (QED) is 0.0691. The highest BCUT2D eigenvalue weighted by Crippen LogP contribution is 2.67. The van der Waals surface area contributed by atoms with Crippen LogP contribution in [0.3, 0.4) is 0 Å². The van der Waals surface area contributed by atoms with E-state index in [2.05, 4.69) is 27.1 Å². The van der Waals surface area contributed by atoms with E-state index in [1.54, 1.807) is 53.7 Å². The van der Waals surface area contributed by atoms with Gasteiger partial charge >= 0.3 is 12.0 Å². The largest absolute Gasteiger partial charge is 0.491 e. The summed E-state index contributed by atoms with van der Waals surface area (Å²) in [6, 6.07) is 37.9. The highest BCUT2D eigenvalue weighted by molar-refractivity contribution is 6.24. The second-order valence-electron chi connectivity index (χ2n) is 20.4. The van der Waals surface area contributed by atoms with Gasteiger partial charge in [0, 0.05) is 49.7 Å². The Morgan fingerprint density at radius 2 is 1.43 bits per heavy atom. The highest BCUT2D eigenvalue weighted by Gasteiger charge is 2.76. The van der Waals surface area contributed by atoms with E-state index in [1.807, 2.05) is 120 Å². The molecule has 15 heteroatoms. The number of imide groups is 1. The fourth-order valence-corrected chi connectivity index (χ4v) is 12.4. The number of rotatable bonds is 10. The molecule has 1 saturated carbocycles. The van der Waals surface area contributed by atoms with Gasteiger partial charge in [0.05, 0.1) is 36.3 Å². The molecule has 1 aromatic heterocycles. The Morgan fingerprint density at radius 1 is 0.789 bits per heavy atom. The van der Waals surface area contributed by atoms with Crippen molar-refractivity contribution >= 4 is 35.5 Å². The molecule has 3 N–H and O–H groups in total.